The van der Waals surface area contributed by atoms with Crippen molar-refractivity contribution in [3.05, 3.63) is 95.3 Å². The van der Waals surface area contributed by atoms with Crippen LogP contribution >= 0.6 is 0 Å². The van der Waals surface area contributed by atoms with Gasteiger partial charge in [0.15, 0.2) is 0 Å². The Kier molecular flexibility index (Phi) is 10.1. The van der Waals surface area contributed by atoms with Crippen LogP contribution < -0.4 is 10.6 Å². The van der Waals surface area contributed by atoms with Gasteiger partial charge in [0, 0.05) is 67.5 Å². The zero-order chi connectivity index (χ0) is 31.3. The molecule has 3 aromatic carbocycles. The number of hydrogen-bond acceptors (Lipinski definition) is 5. The van der Waals surface area contributed by atoms with Crippen LogP contribution in [0.5, 0.6) is 0 Å². The van der Waals surface area contributed by atoms with Crippen LogP contribution in [-0.4, -0.2) is 57.0 Å². The number of anilines is 1. The van der Waals surface area contributed by atoms with E-state index in [1.54, 1.807) is 40.7 Å². The van der Waals surface area contributed by atoms with Gasteiger partial charge in [-0.05, 0) is 81.0 Å². The zero-order valence-corrected chi connectivity index (χ0v) is 25.5. The molecular weight excluding hydrogens is 591 g/mol. The molecule has 0 radical (unpaired) electrons. The molecule has 236 valence electrons. The molecule has 2 unspecified atom stereocenters. The molecule has 0 aromatic heterocycles. The van der Waals surface area contributed by atoms with Crippen molar-refractivity contribution in [1.82, 2.24) is 9.62 Å². The molecular formula is C33H38F3N3O4S. The highest BCUT2D eigenvalue weighted by atomic mass is 32.2. The number of benzene rings is 3. The van der Waals surface area contributed by atoms with E-state index in [0.29, 0.717) is 68.8 Å². The first-order valence-electron chi connectivity index (χ1n) is 15.0. The number of nitrogens with zero attached hydrogens (tertiary/aromatic N) is 1. The molecule has 2 aliphatic rings. The van der Waals surface area contributed by atoms with Gasteiger partial charge in [-0.25, -0.2) is 21.6 Å². The Labute approximate surface area is 256 Å². The van der Waals surface area contributed by atoms with E-state index in [0.717, 1.165) is 6.07 Å². The van der Waals surface area contributed by atoms with Gasteiger partial charge in [-0.15, -0.1) is 0 Å². The Morgan fingerprint density at radius 2 is 1.70 bits per heavy atom. The lowest BCUT2D eigenvalue weighted by Crippen LogP contribution is -2.58. The minimum absolute atomic E-state index is 0.0485. The van der Waals surface area contributed by atoms with Crippen molar-refractivity contribution in [3.63, 3.8) is 0 Å². The number of nitrogens with one attached hydrogen (secondary N) is 2. The molecule has 2 atom stereocenters. The maximum atomic E-state index is 15.1. The summed E-state index contributed by atoms with van der Waals surface area (Å²) >= 11 is 0. The molecule has 2 fully saturated rings. The van der Waals surface area contributed by atoms with Crippen LogP contribution in [0.2, 0.25) is 0 Å². The van der Waals surface area contributed by atoms with Gasteiger partial charge in [-0.2, -0.15) is 4.31 Å². The predicted molar refractivity (Wildman–Crippen MR) is 162 cm³/mol. The summed E-state index contributed by atoms with van der Waals surface area (Å²) in [5.74, 6) is -2.29. The fourth-order valence-electron chi connectivity index (χ4n) is 6.51. The van der Waals surface area contributed by atoms with Gasteiger partial charge in [0.1, 0.15) is 17.5 Å². The second kappa shape index (κ2) is 13.8. The van der Waals surface area contributed by atoms with E-state index in [1.807, 2.05) is 6.92 Å². The average Bonchev–Trinajstić information content (AvgIpc) is 2.99. The van der Waals surface area contributed by atoms with E-state index >= 15 is 4.39 Å². The summed E-state index contributed by atoms with van der Waals surface area (Å²) in [7, 11) is -3.73. The number of sulfonamides is 1. The molecule has 7 nitrogen and oxygen atoms in total. The van der Waals surface area contributed by atoms with Crippen molar-refractivity contribution in [3.8, 4) is 0 Å². The maximum absolute atomic E-state index is 15.1. The van der Waals surface area contributed by atoms with Gasteiger partial charge < -0.3 is 15.4 Å². The molecule has 3 aromatic rings. The summed E-state index contributed by atoms with van der Waals surface area (Å²) < 4.78 is 77.5. The van der Waals surface area contributed by atoms with E-state index in [1.165, 1.54) is 24.3 Å². The molecule has 0 bridgehead atoms. The second-order valence-electron chi connectivity index (χ2n) is 11.7. The number of carbonyl (C=O) groups excluding carboxylic acids is 1. The van der Waals surface area contributed by atoms with Gasteiger partial charge in [0.25, 0.3) is 0 Å². The molecule has 11 heteroatoms. The Morgan fingerprint density at radius 3 is 2.41 bits per heavy atom. The van der Waals surface area contributed by atoms with Crippen LogP contribution in [0.25, 0.3) is 0 Å². The third-order valence-electron chi connectivity index (χ3n) is 8.71. The normalized spacial score (nSPS) is 20.7. The molecule has 0 saturated carbocycles. The smallest absolute Gasteiger partial charge is 0.243 e. The van der Waals surface area contributed by atoms with Crippen LogP contribution in [0, 0.1) is 17.5 Å². The van der Waals surface area contributed by atoms with Gasteiger partial charge in [0.05, 0.1) is 4.90 Å². The number of piperazine rings is 1. The number of amides is 1. The summed E-state index contributed by atoms with van der Waals surface area (Å²) in [5, 5.41) is 6.15. The monoisotopic (exact) mass is 629 g/mol. The topological polar surface area (TPSA) is 87.7 Å². The molecule has 0 spiro atoms. The number of carbonyl (C=O) groups is 1. The summed E-state index contributed by atoms with van der Waals surface area (Å²) in [6, 6.07) is 15.6. The van der Waals surface area contributed by atoms with E-state index in [-0.39, 0.29) is 29.8 Å². The molecule has 44 heavy (non-hydrogen) atoms. The highest BCUT2D eigenvalue weighted by Gasteiger charge is 2.39. The van der Waals surface area contributed by atoms with Crippen LogP contribution in [0.4, 0.5) is 18.9 Å². The SMILES string of the molecule is CC1CNCC(CCCc2c(F)cccc2NC(=O)CC2(c3cc(F)cc(F)c3)CCOCC2)N1S(=O)(=O)c1ccccc1. The summed E-state index contributed by atoms with van der Waals surface area (Å²) in [6.45, 7) is 3.57. The Bertz CT molecular complexity index is 1550. The minimum Gasteiger partial charge on any atom is -0.381 e. The third-order valence-corrected chi connectivity index (χ3v) is 10.8. The van der Waals surface area contributed by atoms with E-state index in [2.05, 4.69) is 10.6 Å². The van der Waals surface area contributed by atoms with Crippen LogP contribution in [0.15, 0.2) is 71.6 Å². The molecule has 2 aliphatic heterocycles. The lowest BCUT2D eigenvalue weighted by Gasteiger charge is -2.40. The summed E-state index contributed by atoms with van der Waals surface area (Å²) in [4.78, 5) is 13.6. The largest absolute Gasteiger partial charge is 0.381 e. The molecule has 1 amide bonds. The fraction of sp³-hybridized carbons (Fsp3) is 0.424. The van der Waals surface area contributed by atoms with Crippen molar-refractivity contribution >= 4 is 21.6 Å². The highest BCUT2D eigenvalue weighted by molar-refractivity contribution is 7.89. The van der Waals surface area contributed by atoms with Crippen LogP contribution in [0.1, 0.15) is 50.2 Å². The predicted octanol–water partition coefficient (Wildman–Crippen LogP) is 5.55. The van der Waals surface area contributed by atoms with E-state index in [9.17, 15) is 22.0 Å². The van der Waals surface area contributed by atoms with Crippen molar-refractivity contribution in [2.45, 2.75) is 67.8 Å². The van der Waals surface area contributed by atoms with Crippen LogP contribution in [-0.2, 0) is 31.4 Å². The minimum atomic E-state index is -3.73. The second-order valence-corrected chi connectivity index (χ2v) is 13.6. The standard InChI is InChI=1S/C33H38F3N3O4S/c1-23-21-37-22-27(39(23)44(41,42)28-8-3-2-4-9-28)7-5-10-29-30(36)11-6-12-31(29)38-32(40)20-33(13-15-43-16-14-33)24-17-25(34)19-26(35)18-24/h2-4,6,8-9,11-12,17-19,23,27,37H,5,7,10,13-16,20-22H2,1H3,(H,38,40). The van der Waals surface area contributed by atoms with Crippen molar-refractivity contribution in [2.75, 3.05) is 31.6 Å². The summed E-state index contributed by atoms with van der Waals surface area (Å²) in [5.41, 5.74) is 0.231. The van der Waals surface area contributed by atoms with Gasteiger partial charge in [-0.3, -0.25) is 4.79 Å². The lowest BCUT2D eigenvalue weighted by atomic mass is 9.71. The highest BCUT2D eigenvalue weighted by Crippen LogP contribution is 2.39. The number of rotatable bonds is 10. The van der Waals surface area contributed by atoms with Crippen molar-refractivity contribution in [2.24, 2.45) is 0 Å². The number of hydrogen-bond donors (Lipinski definition) is 2. The first-order chi connectivity index (χ1) is 21.1. The average molecular weight is 630 g/mol. The molecule has 5 rings (SSSR count). The Hall–Kier alpha value is -3.25. The quantitative estimate of drug-likeness (QED) is 0.307. The first kappa shape index (κ1) is 32.2. The zero-order valence-electron chi connectivity index (χ0n) is 24.7. The van der Waals surface area contributed by atoms with Gasteiger partial charge in [0.2, 0.25) is 15.9 Å². The van der Waals surface area contributed by atoms with E-state index < -0.39 is 38.8 Å². The maximum Gasteiger partial charge on any atom is 0.243 e. The fourth-order valence-corrected chi connectivity index (χ4v) is 8.38. The van der Waals surface area contributed by atoms with E-state index in [4.69, 9.17) is 4.74 Å². The first-order valence-corrected chi connectivity index (χ1v) is 16.4. The molecule has 2 N–H and O–H groups in total. The summed E-state index contributed by atoms with van der Waals surface area (Å²) in [6.07, 6.45) is 2.02. The Balaban J connectivity index is 1.29. The van der Waals surface area contributed by atoms with Gasteiger partial charge in [-0.1, -0.05) is 24.3 Å². The number of ether oxygens (including phenoxy) is 1. The lowest BCUT2D eigenvalue weighted by molar-refractivity contribution is -0.118. The molecule has 2 saturated heterocycles. The van der Waals surface area contributed by atoms with Crippen molar-refractivity contribution < 1.29 is 31.1 Å². The molecule has 0 aliphatic carbocycles. The van der Waals surface area contributed by atoms with Crippen LogP contribution in [0.3, 0.4) is 0 Å². The van der Waals surface area contributed by atoms with Crippen molar-refractivity contribution in [1.29, 1.82) is 0 Å². The Morgan fingerprint density at radius 1 is 1.00 bits per heavy atom. The third kappa shape index (κ3) is 7.17. The number of halogens is 3. The molecule has 2 heterocycles. The van der Waals surface area contributed by atoms with Gasteiger partial charge >= 0.3 is 0 Å².